The highest BCUT2D eigenvalue weighted by atomic mass is 19.1. The van der Waals surface area contributed by atoms with E-state index in [0.717, 1.165) is 19.4 Å². The Bertz CT molecular complexity index is 358. The van der Waals surface area contributed by atoms with Crippen LogP contribution in [-0.4, -0.2) is 26.4 Å². The Hall–Kier alpha value is -1.13. The molecule has 102 valence electrons. The summed E-state index contributed by atoms with van der Waals surface area (Å²) in [4.78, 5) is 0. The van der Waals surface area contributed by atoms with E-state index in [1.165, 1.54) is 7.11 Å². The van der Waals surface area contributed by atoms with Crippen LogP contribution in [0.25, 0.3) is 0 Å². The molecule has 0 saturated heterocycles. The summed E-state index contributed by atoms with van der Waals surface area (Å²) < 4.78 is 24.1. The van der Waals surface area contributed by atoms with Crippen molar-refractivity contribution in [3.05, 3.63) is 29.6 Å². The highest BCUT2D eigenvalue weighted by Crippen LogP contribution is 2.21. The van der Waals surface area contributed by atoms with E-state index in [1.807, 2.05) is 6.92 Å². The molecular weight excluding hydrogens is 233 g/mol. The van der Waals surface area contributed by atoms with Crippen molar-refractivity contribution in [3.8, 4) is 5.75 Å². The Labute approximate surface area is 108 Å². The fraction of sp³-hybridized carbons (Fsp3) is 0.571. The van der Waals surface area contributed by atoms with Crippen molar-refractivity contribution in [1.82, 2.24) is 0 Å². The summed E-state index contributed by atoms with van der Waals surface area (Å²) in [7, 11) is 1.46. The molecule has 0 fully saturated rings. The lowest BCUT2D eigenvalue weighted by Crippen LogP contribution is -2.23. The van der Waals surface area contributed by atoms with Gasteiger partial charge in [0.25, 0.3) is 0 Å². The summed E-state index contributed by atoms with van der Waals surface area (Å²) in [6.45, 7) is 3.40. The highest BCUT2D eigenvalue weighted by molar-refractivity contribution is 5.31. The molecule has 0 saturated carbocycles. The largest absolute Gasteiger partial charge is 0.494 e. The van der Waals surface area contributed by atoms with E-state index in [9.17, 15) is 4.39 Å². The van der Waals surface area contributed by atoms with Gasteiger partial charge in [0.15, 0.2) is 11.6 Å². The third-order valence-corrected chi connectivity index (χ3v) is 2.81. The molecule has 18 heavy (non-hydrogen) atoms. The van der Waals surface area contributed by atoms with E-state index >= 15 is 0 Å². The van der Waals surface area contributed by atoms with Gasteiger partial charge in [0.1, 0.15) is 0 Å². The van der Waals surface area contributed by atoms with Gasteiger partial charge in [-0.1, -0.05) is 12.1 Å². The van der Waals surface area contributed by atoms with E-state index in [1.54, 1.807) is 18.2 Å². The van der Waals surface area contributed by atoms with Gasteiger partial charge in [-0.2, -0.15) is 0 Å². The van der Waals surface area contributed by atoms with Gasteiger partial charge in [0, 0.05) is 19.3 Å². The Morgan fingerprint density at radius 3 is 2.83 bits per heavy atom. The average molecular weight is 255 g/mol. The van der Waals surface area contributed by atoms with Crippen LogP contribution in [-0.2, 0) is 11.2 Å². The highest BCUT2D eigenvalue weighted by Gasteiger charge is 2.11. The van der Waals surface area contributed by atoms with E-state index < -0.39 is 0 Å². The summed E-state index contributed by atoms with van der Waals surface area (Å²) >= 11 is 0. The molecule has 0 spiro atoms. The van der Waals surface area contributed by atoms with Crippen LogP contribution in [0.4, 0.5) is 4.39 Å². The van der Waals surface area contributed by atoms with Crippen LogP contribution in [0.5, 0.6) is 5.75 Å². The van der Waals surface area contributed by atoms with Gasteiger partial charge in [-0.15, -0.1) is 0 Å². The number of nitrogens with two attached hydrogens (primary N) is 1. The van der Waals surface area contributed by atoms with Crippen LogP contribution in [0, 0.1) is 5.82 Å². The van der Waals surface area contributed by atoms with E-state index in [-0.39, 0.29) is 17.6 Å². The maximum atomic E-state index is 13.9. The van der Waals surface area contributed by atoms with E-state index in [2.05, 4.69) is 0 Å². The molecule has 1 atom stereocenters. The average Bonchev–Trinajstić information content (AvgIpc) is 2.37. The number of hydrogen-bond donors (Lipinski definition) is 1. The topological polar surface area (TPSA) is 44.5 Å². The number of hydrogen-bond acceptors (Lipinski definition) is 3. The quantitative estimate of drug-likeness (QED) is 0.726. The lowest BCUT2D eigenvalue weighted by atomic mass is 10.0. The third-order valence-electron chi connectivity index (χ3n) is 2.81. The van der Waals surface area contributed by atoms with Gasteiger partial charge in [0.2, 0.25) is 0 Å². The zero-order valence-electron chi connectivity index (χ0n) is 11.1. The first-order valence-electron chi connectivity index (χ1n) is 6.33. The molecule has 1 aromatic rings. The Morgan fingerprint density at radius 1 is 1.39 bits per heavy atom. The molecule has 1 rings (SSSR count). The molecule has 0 amide bonds. The monoisotopic (exact) mass is 255 g/mol. The predicted molar refractivity (Wildman–Crippen MR) is 70.4 cm³/mol. The molecule has 0 aliphatic heterocycles. The molecule has 0 radical (unpaired) electrons. The fourth-order valence-corrected chi connectivity index (χ4v) is 1.85. The second-order valence-corrected chi connectivity index (χ2v) is 4.24. The van der Waals surface area contributed by atoms with Crippen LogP contribution in [0.2, 0.25) is 0 Å². The first-order chi connectivity index (χ1) is 8.69. The molecule has 0 bridgehead atoms. The molecule has 2 N–H and O–H groups in total. The number of halogens is 1. The number of ether oxygens (including phenoxy) is 2. The Kier molecular flexibility index (Phi) is 6.68. The minimum atomic E-state index is -0.305. The first-order valence-corrected chi connectivity index (χ1v) is 6.33. The maximum absolute atomic E-state index is 13.9. The third kappa shape index (κ3) is 4.63. The Morgan fingerprint density at radius 2 is 2.17 bits per heavy atom. The van der Waals surface area contributed by atoms with Crippen LogP contribution >= 0.6 is 0 Å². The van der Waals surface area contributed by atoms with Gasteiger partial charge in [0.05, 0.1) is 7.11 Å². The predicted octanol–water partition coefficient (Wildman–Crippen LogP) is 2.52. The van der Waals surface area contributed by atoms with Crippen molar-refractivity contribution < 1.29 is 13.9 Å². The van der Waals surface area contributed by atoms with Gasteiger partial charge >= 0.3 is 0 Å². The second-order valence-electron chi connectivity index (χ2n) is 4.24. The summed E-state index contributed by atoms with van der Waals surface area (Å²) in [5.74, 6) is -0.0331. The van der Waals surface area contributed by atoms with Crippen molar-refractivity contribution >= 4 is 0 Å². The summed E-state index contributed by atoms with van der Waals surface area (Å²) in [6, 6.07) is 5.09. The maximum Gasteiger partial charge on any atom is 0.168 e. The molecule has 3 nitrogen and oxygen atoms in total. The normalized spacial score (nSPS) is 12.4. The molecule has 1 unspecified atom stereocenters. The van der Waals surface area contributed by atoms with Crippen molar-refractivity contribution in [1.29, 1.82) is 0 Å². The van der Waals surface area contributed by atoms with E-state index in [0.29, 0.717) is 18.6 Å². The summed E-state index contributed by atoms with van der Waals surface area (Å²) in [6.07, 6.45) is 2.26. The number of rotatable bonds is 8. The number of methoxy groups -OCH3 is 1. The lowest BCUT2D eigenvalue weighted by molar-refractivity contribution is 0.142. The lowest BCUT2D eigenvalue weighted by Gasteiger charge is -2.13. The standard InChI is InChI=1S/C14H22FNO2/c1-3-18-9-5-7-12(16)10-11-6-4-8-13(17-2)14(11)15/h4,6,8,12H,3,5,7,9-10,16H2,1-2H3. The van der Waals surface area contributed by atoms with Gasteiger partial charge < -0.3 is 15.2 Å². The van der Waals surface area contributed by atoms with Gasteiger partial charge in [-0.05, 0) is 37.8 Å². The zero-order chi connectivity index (χ0) is 13.4. The number of benzene rings is 1. The summed E-state index contributed by atoms with van der Waals surface area (Å²) in [5.41, 5.74) is 6.59. The smallest absolute Gasteiger partial charge is 0.168 e. The van der Waals surface area contributed by atoms with Crippen LogP contribution in [0.1, 0.15) is 25.3 Å². The zero-order valence-corrected chi connectivity index (χ0v) is 11.1. The van der Waals surface area contributed by atoms with E-state index in [4.69, 9.17) is 15.2 Å². The fourth-order valence-electron chi connectivity index (χ4n) is 1.85. The summed E-state index contributed by atoms with van der Waals surface area (Å²) in [5, 5.41) is 0. The molecular formula is C14H22FNO2. The molecule has 1 aromatic carbocycles. The van der Waals surface area contributed by atoms with Crippen molar-refractivity contribution in [2.24, 2.45) is 5.73 Å². The molecule has 4 heteroatoms. The first kappa shape index (κ1) is 14.9. The molecule has 0 heterocycles. The molecule has 0 aliphatic rings. The Balaban J connectivity index is 2.46. The van der Waals surface area contributed by atoms with Crippen LogP contribution in [0.15, 0.2) is 18.2 Å². The van der Waals surface area contributed by atoms with Crippen molar-refractivity contribution in [2.75, 3.05) is 20.3 Å². The second kappa shape index (κ2) is 8.06. The SMILES string of the molecule is CCOCCCC(N)Cc1cccc(OC)c1F. The minimum Gasteiger partial charge on any atom is -0.494 e. The van der Waals surface area contributed by atoms with Crippen molar-refractivity contribution in [2.45, 2.75) is 32.2 Å². The van der Waals surface area contributed by atoms with Crippen molar-refractivity contribution in [3.63, 3.8) is 0 Å². The van der Waals surface area contributed by atoms with Gasteiger partial charge in [-0.3, -0.25) is 0 Å². The van der Waals surface area contributed by atoms with Crippen LogP contribution < -0.4 is 10.5 Å². The molecule has 0 aromatic heterocycles. The molecule has 0 aliphatic carbocycles. The van der Waals surface area contributed by atoms with Gasteiger partial charge in [-0.25, -0.2) is 4.39 Å². The minimum absolute atomic E-state index is 0.0490. The van der Waals surface area contributed by atoms with Crippen LogP contribution in [0.3, 0.4) is 0 Å².